The molecule has 160 valence electrons. The number of aromatic amines is 1. The molecular formula is C22H26FN3O4. The zero-order valence-electron chi connectivity index (χ0n) is 17.1. The lowest BCUT2D eigenvalue weighted by atomic mass is 10.0. The van der Waals surface area contributed by atoms with Crippen LogP contribution in [0.2, 0.25) is 0 Å². The number of halogens is 1. The minimum atomic E-state index is -0.439. The first-order valence-corrected chi connectivity index (χ1v) is 10.4. The minimum absolute atomic E-state index is 0.00371. The van der Waals surface area contributed by atoms with Crippen molar-refractivity contribution in [3.05, 3.63) is 45.6 Å². The Morgan fingerprint density at radius 1 is 1.13 bits per heavy atom. The molecule has 2 aromatic rings. The van der Waals surface area contributed by atoms with Gasteiger partial charge in [0.2, 0.25) is 5.91 Å². The second kappa shape index (κ2) is 8.55. The molecular weight excluding hydrogens is 389 g/mol. The topological polar surface area (TPSA) is 82.7 Å². The van der Waals surface area contributed by atoms with E-state index in [9.17, 15) is 18.8 Å². The summed E-state index contributed by atoms with van der Waals surface area (Å²) in [7, 11) is 0. The number of amides is 2. The molecule has 1 aromatic carbocycles. The zero-order valence-corrected chi connectivity index (χ0v) is 17.1. The van der Waals surface area contributed by atoms with Gasteiger partial charge in [-0.3, -0.25) is 14.4 Å². The van der Waals surface area contributed by atoms with Crippen molar-refractivity contribution < 1.29 is 18.7 Å². The molecule has 30 heavy (non-hydrogen) atoms. The van der Waals surface area contributed by atoms with E-state index in [-0.39, 0.29) is 29.9 Å². The molecule has 0 radical (unpaired) electrons. The highest BCUT2D eigenvalue weighted by atomic mass is 19.1. The van der Waals surface area contributed by atoms with Crippen LogP contribution in [0.5, 0.6) is 0 Å². The second-order valence-electron chi connectivity index (χ2n) is 8.02. The molecule has 1 atom stereocenters. The summed E-state index contributed by atoms with van der Waals surface area (Å²) < 4.78 is 19.0. The Bertz CT molecular complexity index is 1020. The van der Waals surface area contributed by atoms with E-state index in [2.05, 4.69) is 4.98 Å². The first-order chi connectivity index (χ1) is 14.4. The molecule has 2 fully saturated rings. The number of ether oxygens (including phenoxy) is 1. The van der Waals surface area contributed by atoms with Crippen LogP contribution < -0.4 is 5.56 Å². The highest BCUT2D eigenvalue weighted by Crippen LogP contribution is 2.19. The Morgan fingerprint density at radius 2 is 1.87 bits per heavy atom. The fraction of sp³-hybridized carbons (Fsp3) is 0.500. The van der Waals surface area contributed by atoms with Crippen molar-refractivity contribution >= 4 is 22.6 Å². The third-order valence-corrected chi connectivity index (χ3v) is 5.95. The van der Waals surface area contributed by atoms with Gasteiger partial charge in [0.25, 0.3) is 11.5 Å². The van der Waals surface area contributed by atoms with Crippen molar-refractivity contribution in [3.63, 3.8) is 0 Å². The van der Waals surface area contributed by atoms with Crippen molar-refractivity contribution in [1.82, 2.24) is 14.8 Å². The maximum Gasteiger partial charge on any atom is 0.256 e. The van der Waals surface area contributed by atoms with Gasteiger partial charge in [-0.15, -0.1) is 0 Å². The number of piperazine rings is 1. The number of nitrogens with one attached hydrogen (secondary N) is 1. The number of aryl methyl sites for hydroxylation is 2. The highest BCUT2D eigenvalue weighted by Gasteiger charge is 2.31. The van der Waals surface area contributed by atoms with Crippen LogP contribution in [0.15, 0.2) is 23.0 Å². The van der Waals surface area contributed by atoms with E-state index in [0.29, 0.717) is 61.2 Å². The normalized spacial score (nSPS) is 19.5. The maximum atomic E-state index is 13.6. The Hall–Kier alpha value is -2.74. The molecule has 1 aromatic heterocycles. The average Bonchev–Trinajstić information content (AvgIpc) is 3.27. The number of carbonyl (C=O) groups is 2. The van der Waals surface area contributed by atoms with Gasteiger partial charge in [0, 0.05) is 44.9 Å². The number of H-pyrrole nitrogens is 1. The van der Waals surface area contributed by atoms with Crippen LogP contribution in [0, 0.1) is 12.7 Å². The van der Waals surface area contributed by atoms with Crippen LogP contribution >= 0.6 is 0 Å². The molecule has 2 saturated heterocycles. The first-order valence-electron chi connectivity index (χ1n) is 10.4. The summed E-state index contributed by atoms with van der Waals surface area (Å²) in [5, 5.41) is 1.01. The lowest BCUT2D eigenvalue weighted by molar-refractivity contribution is -0.146. The molecule has 7 nitrogen and oxygen atoms in total. The van der Waals surface area contributed by atoms with E-state index in [1.54, 1.807) is 16.7 Å². The molecule has 2 aliphatic heterocycles. The predicted molar refractivity (Wildman–Crippen MR) is 110 cm³/mol. The molecule has 0 bridgehead atoms. The molecule has 8 heteroatoms. The molecule has 0 saturated carbocycles. The molecule has 2 aliphatic rings. The fourth-order valence-corrected chi connectivity index (χ4v) is 4.24. The summed E-state index contributed by atoms with van der Waals surface area (Å²) in [6.45, 7) is 4.44. The number of carbonyl (C=O) groups excluding carboxylic acids is 2. The van der Waals surface area contributed by atoms with Crippen LogP contribution in [-0.4, -0.2) is 65.5 Å². The monoisotopic (exact) mass is 415 g/mol. The molecule has 2 amide bonds. The number of hydrogen-bond acceptors (Lipinski definition) is 4. The summed E-state index contributed by atoms with van der Waals surface area (Å²) in [5.41, 5.74) is 0.997. The molecule has 3 heterocycles. The second-order valence-corrected chi connectivity index (χ2v) is 8.02. The summed E-state index contributed by atoms with van der Waals surface area (Å²) >= 11 is 0. The van der Waals surface area contributed by atoms with Gasteiger partial charge in [-0.1, -0.05) is 0 Å². The Labute approximate surface area is 173 Å². The highest BCUT2D eigenvalue weighted by molar-refractivity contribution is 5.85. The van der Waals surface area contributed by atoms with Crippen molar-refractivity contribution in [2.75, 3.05) is 32.8 Å². The van der Waals surface area contributed by atoms with Crippen molar-refractivity contribution in [2.24, 2.45) is 0 Å². The van der Waals surface area contributed by atoms with Gasteiger partial charge in [-0.25, -0.2) is 4.39 Å². The quantitative estimate of drug-likeness (QED) is 0.825. The summed E-state index contributed by atoms with van der Waals surface area (Å²) in [6, 6.07) is 4.44. The lowest BCUT2D eigenvalue weighted by Crippen LogP contribution is -2.52. The zero-order chi connectivity index (χ0) is 21.3. The molecule has 1 unspecified atom stereocenters. The number of benzene rings is 1. The van der Waals surface area contributed by atoms with E-state index in [1.807, 2.05) is 6.07 Å². The van der Waals surface area contributed by atoms with E-state index >= 15 is 0 Å². The minimum Gasteiger partial charge on any atom is -0.368 e. The van der Waals surface area contributed by atoms with E-state index < -0.39 is 5.82 Å². The molecule has 4 rings (SSSR count). The summed E-state index contributed by atoms with van der Waals surface area (Å²) in [4.78, 5) is 43.6. The largest absolute Gasteiger partial charge is 0.368 e. The van der Waals surface area contributed by atoms with Crippen molar-refractivity contribution in [3.8, 4) is 0 Å². The summed E-state index contributed by atoms with van der Waals surface area (Å²) in [5.74, 6) is -0.415. The number of aromatic nitrogens is 1. The smallest absolute Gasteiger partial charge is 0.256 e. The maximum absolute atomic E-state index is 13.6. The van der Waals surface area contributed by atoms with E-state index in [4.69, 9.17) is 4.74 Å². The Kier molecular flexibility index (Phi) is 5.85. The van der Waals surface area contributed by atoms with E-state index in [0.717, 1.165) is 12.8 Å². The van der Waals surface area contributed by atoms with Crippen LogP contribution in [0.4, 0.5) is 4.39 Å². The van der Waals surface area contributed by atoms with Crippen molar-refractivity contribution in [2.45, 2.75) is 38.7 Å². The van der Waals surface area contributed by atoms with Gasteiger partial charge in [0.15, 0.2) is 0 Å². The third kappa shape index (κ3) is 4.23. The number of pyridine rings is 1. The predicted octanol–water partition coefficient (Wildman–Crippen LogP) is 1.76. The van der Waals surface area contributed by atoms with Crippen LogP contribution in [0.1, 0.15) is 30.5 Å². The number of fused-ring (bicyclic) bond motifs is 1. The standard InChI is InChI=1S/C22H26FN3O4/c1-14-11-15(23)12-18-17(14)13-16(24-21(18)28)4-5-20(27)25-6-8-26(9-7-25)22(29)19-3-2-10-30-19/h11-13,19H,2-10H2,1H3,(H,24,28). The Morgan fingerprint density at radius 3 is 2.57 bits per heavy atom. The van der Waals surface area contributed by atoms with Gasteiger partial charge >= 0.3 is 0 Å². The van der Waals surface area contributed by atoms with Gasteiger partial charge in [0.05, 0.1) is 5.39 Å². The van der Waals surface area contributed by atoms with E-state index in [1.165, 1.54) is 12.1 Å². The van der Waals surface area contributed by atoms with Gasteiger partial charge in [-0.05, 0) is 55.3 Å². The van der Waals surface area contributed by atoms with Gasteiger partial charge in [0.1, 0.15) is 11.9 Å². The third-order valence-electron chi connectivity index (χ3n) is 5.95. The summed E-state index contributed by atoms with van der Waals surface area (Å²) in [6.07, 6.45) is 2.03. The van der Waals surface area contributed by atoms with Crippen molar-refractivity contribution in [1.29, 1.82) is 0 Å². The number of rotatable bonds is 4. The van der Waals surface area contributed by atoms with Crippen LogP contribution in [-0.2, 0) is 20.7 Å². The van der Waals surface area contributed by atoms with Gasteiger partial charge < -0.3 is 19.5 Å². The van der Waals surface area contributed by atoms with Crippen LogP contribution in [0.25, 0.3) is 10.8 Å². The molecule has 0 spiro atoms. The Balaban J connectivity index is 1.34. The van der Waals surface area contributed by atoms with Crippen LogP contribution in [0.3, 0.4) is 0 Å². The average molecular weight is 415 g/mol. The SMILES string of the molecule is Cc1cc(F)cc2c(=O)[nH]c(CCC(=O)N3CCN(C(=O)C4CCCO4)CC3)cc12. The van der Waals surface area contributed by atoms with Gasteiger partial charge in [-0.2, -0.15) is 0 Å². The fourth-order valence-electron chi connectivity index (χ4n) is 4.24. The number of hydrogen-bond donors (Lipinski definition) is 1. The molecule has 0 aliphatic carbocycles. The lowest BCUT2D eigenvalue weighted by Gasteiger charge is -2.35. The first kappa shape index (κ1) is 20.5. The molecule has 1 N–H and O–H groups in total. The number of nitrogens with zero attached hydrogens (tertiary/aromatic N) is 2.